The summed E-state index contributed by atoms with van der Waals surface area (Å²) in [5, 5.41) is 0. The smallest absolute Gasteiger partial charge is 0.184 e. The van der Waals surface area contributed by atoms with Crippen molar-refractivity contribution >= 4 is 0 Å². The molecule has 0 aliphatic carbocycles. The Morgan fingerprint density at radius 2 is 0.432 bits per heavy atom. The van der Waals surface area contributed by atoms with Crippen LogP contribution in [0.5, 0.6) is 0 Å². The summed E-state index contributed by atoms with van der Waals surface area (Å²) < 4.78 is 120. The van der Waals surface area contributed by atoms with Crippen molar-refractivity contribution in [3.05, 3.63) is 144 Å². The summed E-state index contributed by atoms with van der Waals surface area (Å²) in [4.78, 5) is 0. The van der Waals surface area contributed by atoms with Crippen LogP contribution in [0.1, 0.15) is 47.4 Å². The molecule has 0 N–H and O–H groups in total. The number of benzene rings is 4. The lowest BCUT2D eigenvalue weighted by atomic mass is 9.92. The zero-order chi connectivity index (χ0) is 55.5. The Bertz CT molecular complexity index is 1830. The standard InChI is InChI=1S/C61H84O20/c1-5-13-49(14-6-1)57-74-37-53(38-75-57)70-33-29-62-21-25-66-45-61(46-67-26-22-63-30-34-71-54-39-76-58(77-40-54)50-15-7-2-8-16-50,47-68-27-23-64-31-35-72-55-41-78-59(79-42-55)51-17-9-3-10-18-51)48-69-28-24-65-32-36-73-56-43-80-60(81-44-56)52-19-11-4-12-20-52/h1-20,53-60H,21-48H2. The van der Waals surface area contributed by atoms with Crippen LogP contribution in [0.15, 0.2) is 121 Å². The molecule has 4 aliphatic heterocycles. The molecule has 81 heavy (non-hydrogen) atoms. The van der Waals surface area contributed by atoms with Crippen molar-refractivity contribution in [2.24, 2.45) is 5.41 Å². The summed E-state index contributed by atoms with van der Waals surface area (Å²) in [6, 6.07) is 39.5. The van der Waals surface area contributed by atoms with Crippen molar-refractivity contribution in [1.82, 2.24) is 0 Å². The molecule has 0 atom stereocenters. The maximum Gasteiger partial charge on any atom is 0.184 e. The van der Waals surface area contributed by atoms with Gasteiger partial charge in [-0.1, -0.05) is 121 Å². The minimum absolute atomic E-state index is 0.177. The summed E-state index contributed by atoms with van der Waals surface area (Å²) in [6.45, 7) is 10.3. The fourth-order valence-electron chi connectivity index (χ4n) is 8.92. The summed E-state index contributed by atoms with van der Waals surface area (Å²) >= 11 is 0. The van der Waals surface area contributed by atoms with E-state index >= 15 is 0 Å². The van der Waals surface area contributed by atoms with E-state index in [2.05, 4.69) is 0 Å². The predicted octanol–water partition coefficient (Wildman–Crippen LogP) is 6.63. The van der Waals surface area contributed by atoms with Gasteiger partial charge in [0.1, 0.15) is 24.4 Å². The van der Waals surface area contributed by atoms with Crippen LogP contribution >= 0.6 is 0 Å². The lowest BCUT2D eigenvalue weighted by molar-refractivity contribution is -0.232. The molecule has 448 valence electrons. The van der Waals surface area contributed by atoms with E-state index in [1.807, 2.05) is 121 Å². The second-order valence-corrected chi connectivity index (χ2v) is 19.8. The van der Waals surface area contributed by atoms with Crippen molar-refractivity contribution in [2.45, 2.75) is 49.6 Å². The van der Waals surface area contributed by atoms with Crippen LogP contribution in [-0.2, 0) is 94.7 Å². The third-order valence-corrected chi connectivity index (χ3v) is 13.2. The summed E-state index contributed by atoms with van der Waals surface area (Å²) in [7, 11) is 0. The molecule has 0 aromatic heterocycles. The number of hydrogen-bond acceptors (Lipinski definition) is 20. The SMILES string of the molecule is c1ccc(C2OCC(OCCOCCOCC(COCCOCCOC3COC(c4ccccc4)OC3)(COCCOCCOC3COC(c4ccccc4)OC3)COCCOCCOC3COC(c4ccccc4)OC3)CO2)cc1. The zero-order valence-corrected chi connectivity index (χ0v) is 46.6. The van der Waals surface area contributed by atoms with Crippen LogP contribution < -0.4 is 0 Å². The zero-order valence-electron chi connectivity index (χ0n) is 46.6. The third-order valence-electron chi connectivity index (χ3n) is 13.2. The largest absolute Gasteiger partial charge is 0.378 e. The van der Waals surface area contributed by atoms with Crippen LogP contribution in [0.2, 0.25) is 0 Å². The highest BCUT2D eigenvalue weighted by Crippen LogP contribution is 2.27. The van der Waals surface area contributed by atoms with Crippen LogP contribution in [0.3, 0.4) is 0 Å². The second kappa shape index (κ2) is 38.1. The lowest BCUT2D eigenvalue weighted by Crippen LogP contribution is -2.43. The fraction of sp³-hybridized carbons (Fsp3) is 0.607. The van der Waals surface area contributed by atoms with E-state index in [1.54, 1.807) is 0 Å². The molecule has 4 heterocycles. The van der Waals surface area contributed by atoms with Gasteiger partial charge < -0.3 is 94.7 Å². The van der Waals surface area contributed by atoms with Crippen molar-refractivity contribution in [3.63, 3.8) is 0 Å². The molecule has 4 aromatic rings. The quantitative estimate of drug-likeness (QED) is 0.0432. The van der Waals surface area contributed by atoms with Gasteiger partial charge in [0.15, 0.2) is 25.2 Å². The minimum atomic E-state index is -0.715. The van der Waals surface area contributed by atoms with Gasteiger partial charge in [0.05, 0.1) is 190 Å². The minimum Gasteiger partial charge on any atom is -0.378 e. The maximum atomic E-state index is 6.30. The summed E-state index contributed by atoms with van der Waals surface area (Å²) in [6.07, 6.45) is -2.27. The first-order valence-corrected chi connectivity index (χ1v) is 28.4. The van der Waals surface area contributed by atoms with Crippen molar-refractivity contribution < 1.29 is 94.7 Å². The topological polar surface area (TPSA) is 185 Å². The van der Waals surface area contributed by atoms with E-state index < -0.39 is 30.6 Å². The Hall–Kier alpha value is -3.92. The molecule has 8 rings (SSSR count). The second-order valence-electron chi connectivity index (χ2n) is 19.8. The average molecular weight is 1140 g/mol. The summed E-state index contributed by atoms with van der Waals surface area (Å²) in [5.74, 6) is 0. The highest BCUT2D eigenvalue weighted by atomic mass is 16.7. The molecule has 0 amide bonds. The van der Waals surface area contributed by atoms with Gasteiger partial charge in [-0.25, -0.2) is 0 Å². The molecule has 0 bridgehead atoms. The first-order valence-electron chi connectivity index (χ1n) is 28.4. The van der Waals surface area contributed by atoms with Crippen LogP contribution in [0.4, 0.5) is 0 Å². The Labute approximate surface area is 476 Å². The number of ether oxygens (including phenoxy) is 20. The molecule has 4 fully saturated rings. The molecular weight excluding hydrogens is 1050 g/mol. The van der Waals surface area contributed by atoms with Gasteiger partial charge in [0.25, 0.3) is 0 Å². The Morgan fingerprint density at radius 3 is 0.642 bits per heavy atom. The normalized spacial score (nSPS) is 24.2. The van der Waals surface area contributed by atoms with Gasteiger partial charge >= 0.3 is 0 Å². The average Bonchev–Trinajstić information content (AvgIpc) is 3.53. The number of rotatable bonds is 40. The highest BCUT2D eigenvalue weighted by Gasteiger charge is 2.33. The molecule has 4 saturated heterocycles. The van der Waals surface area contributed by atoms with Crippen molar-refractivity contribution in [3.8, 4) is 0 Å². The van der Waals surface area contributed by atoms with Crippen LogP contribution in [-0.4, -0.2) is 209 Å². The molecule has 20 heteroatoms. The monoisotopic (exact) mass is 1140 g/mol. The van der Waals surface area contributed by atoms with Gasteiger partial charge in [-0.15, -0.1) is 0 Å². The van der Waals surface area contributed by atoms with Gasteiger partial charge in [-0.2, -0.15) is 0 Å². The van der Waals surface area contributed by atoms with E-state index in [0.717, 1.165) is 22.3 Å². The van der Waals surface area contributed by atoms with Crippen molar-refractivity contribution in [2.75, 3.05) is 185 Å². The first-order chi connectivity index (χ1) is 40.2. The molecular formula is C61H84O20. The highest BCUT2D eigenvalue weighted by molar-refractivity contribution is 5.18. The van der Waals surface area contributed by atoms with Gasteiger partial charge in [0.2, 0.25) is 0 Å². The molecule has 0 unspecified atom stereocenters. The van der Waals surface area contributed by atoms with E-state index in [1.165, 1.54) is 0 Å². The molecule has 0 radical (unpaired) electrons. The fourth-order valence-corrected chi connectivity index (χ4v) is 8.92. The van der Waals surface area contributed by atoms with Crippen LogP contribution in [0.25, 0.3) is 0 Å². The predicted molar refractivity (Wildman–Crippen MR) is 292 cm³/mol. The Balaban J connectivity index is 0.751. The molecule has 0 saturated carbocycles. The Morgan fingerprint density at radius 1 is 0.247 bits per heavy atom. The number of hydrogen-bond donors (Lipinski definition) is 0. The third kappa shape index (κ3) is 23.9. The van der Waals surface area contributed by atoms with Gasteiger partial charge in [-0.05, 0) is 0 Å². The van der Waals surface area contributed by atoms with E-state index in [-0.39, 0.29) is 50.8 Å². The van der Waals surface area contributed by atoms with Gasteiger partial charge in [-0.3, -0.25) is 0 Å². The first kappa shape index (κ1) is 63.1. The molecule has 4 aromatic carbocycles. The van der Waals surface area contributed by atoms with E-state index in [4.69, 9.17) is 94.7 Å². The van der Waals surface area contributed by atoms with Crippen molar-refractivity contribution in [1.29, 1.82) is 0 Å². The molecule has 4 aliphatic rings. The maximum absolute atomic E-state index is 6.30. The van der Waals surface area contributed by atoms with Gasteiger partial charge in [0, 0.05) is 22.3 Å². The van der Waals surface area contributed by atoms with Crippen LogP contribution in [0, 0.1) is 5.41 Å². The van der Waals surface area contributed by atoms with E-state index in [9.17, 15) is 0 Å². The molecule has 0 spiro atoms. The Kier molecular flexibility index (Phi) is 29.7. The molecule has 20 nitrogen and oxygen atoms in total. The lowest BCUT2D eigenvalue weighted by Gasteiger charge is -2.33. The summed E-state index contributed by atoms with van der Waals surface area (Å²) in [5.41, 5.74) is 3.21. The van der Waals surface area contributed by atoms with E-state index in [0.29, 0.717) is 159 Å².